The number of nitrogen functional groups attached to an aromatic ring is 1. The first-order valence-electron chi connectivity index (χ1n) is 13.9. The predicted molar refractivity (Wildman–Crippen MR) is 180 cm³/mol. The molecule has 27 heteroatoms. The van der Waals surface area contributed by atoms with Crippen molar-refractivity contribution in [3.05, 3.63) is 72.2 Å². The molecule has 0 saturated carbocycles. The second-order valence-electron chi connectivity index (χ2n) is 10.6. The molecule has 0 radical (unpaired) electrons. The van der Waals surface area contributed by atoms with Gasteiger partial charge in [0, 0.05) is 17.8 Å². The lowest BCUT2D eigenvalue weighted by Gasteiger charge is -2.14. The number of azo groups is 2. The fourth-order valence-electron chi connectivity index (χ4n) is 4.73. The Bertz CT molecular complexity index is 2910. The van der Waals surface area contributed by atoms with Crippen molar-refractivity contribution in [2.24, 2.45) is 20.5 Å². The maximum absolute atomic E-state index is 14.0. The molecule has 5 rings (SSSR count). The Hall–Kier alpha value is -5.68. The topological polar surface area (TPSA) is 351 Å². The van der Waals surface area contributed by atoms with E-state index in [4.69, 9.17) is 5.73 Å². The number of benzene rings is 4. The normalized spacial score (nSPS) is 12.9. The summed E-state index contributed by atoms with van der Waals surface area (Å²) in [5.41, 5.74) is 1.22. The number of nitrogens with one attached hydrogen (secondary N) is 1. The SMILES string of the molecule is Cc1nc(F)cc(Nc2ccc(S(=O)(=O)O)c(N=Nc3c(S(=O)(=O)O)cc4cc(S(=O)(=O)O)c(N=Nc5cc(F)ccc5S(=O)(=O)O)c(N)c4c3O)c2)n1. The van der Waals surface area contributed by atoms with Crippen molar-refractivity contribution in [2.45, 2.75) is 26.5 Å². The number of rotatable bonds is 10. The molecule has 284 valence electrons. The average molecular weight is 831 g/mol. The first-order valence-corrected chi connectivity index (χ1v) is 19.7. The summed E-state index contributed by atoms with van der Waals surface area (Å²) < 4.78 is 164. The van der Waals surface area contributed by atoms with Crippen molar-refractivity contribution in [3.8, 4) is 5.75 Å². The third-order valence-corrected chi connectivity index (χ3v) is 10.4. The van der Waals surface area contributed by atoms with Gasteiger partial charge in [-0.25, -0.2) is 14.4 Å². The van der Waals surface area contributed by atoms with Crippen molar-refractivity contribution in [3.63, 3.8) is 0 Å². The number of nitrogens with zero attached hydrogens (tertiary/aromatic N) is 6. The second kappa shape index (κ2) is 13.9. The molecule has 4 aromatic carbocycles. The smallest absolute Gasteiger partial charge is 0.296 e. The number of hydrogen-bond donors (Lipinski definition) is 7. The van der Waals surface area contributed by atoms with Crippen LogP contribution >= 0.6 is 0 Å². The molecule has 54 heavy (non-hydrogen) atoms. The Balaban J connectivity index is 1.76. The van der Waals surface area contributed by atoms with Gasteiger partial charge in [0.1, 0.15) is 59.8 Å². The minimum absolute atomic E-state index is 0.000850. The lowest BCUT2D eigenvalue weighted by atomic mass is 10.1. The van der Waals surface area contributed by atoms with Gasteiger partial charge in [0.2, 0.25) is 5.95 Å². The highest BCUT2D eigenvalue weighted by atomic mass is 32.2. The molecule has 1 aromatic heterocycles. The highest BCUT2D eigenvalue weighted by Crippen LogP contribution is 2.48. The van der Waals surface area contributed by atoms with E-state index in [0.29, 0.717) is 30.3 Å². The zero-order valence-corrected chi connectivity index (χ0v) is 29.6. The van der Waals surface area contributed by atoms with Crippen LogP contribution < -0.4 is 11.1 Å². The summed E-state index contributed by atoms with van der Waals surface area (Å²) in [5.74, 6) is -3.46. The highest BCUT2D eigenvalue weighted by Gasteiger charge is 2.29. The van der Waals surface area contributed by atoms with Crippen molar-refractivity contribution < 1.29 is 65.8 Å². The quantitative estimate of drug-likeness (QED) is 0.0418. The Kier molecular flexibility index (Phi) is 10.2. The molecule has 0 aliphatic heterocycles. The first kappa shape index (κ1) is 39.5. The Morgan fingerprint density at radius 1 is 0.648 bits per heavy atom. The summed E-state index contributed by atoms with van der Waals surface area (Å²) in [6.07, 6.45) is 0. The molecular weight excluding hydrogens is 811 g/mol. The van der Waals surface area contributed by atoms with Crippen molar-refractivity contribution in [2.75, 3.05) is 11.1 Å². The van der Waals surface area contributed by atoms with E-state index in [2.05, 4.69) is 35.7 Å². The van der Waals surface area contributed by atoms with Crippen LogP contribution in [0, 0.1) is 18.7 Å². The van der Waals surface area contributed by atoms with E-state index in [-0.39, 0.29) is 17.3 Å². The number of anilines is 3. The molecule has 1 heterocycles. The van der Waals surface area contributed by atoms with Gasteiger partial charge in [0.05, 0.1) is 11.1 Å². The van der Waals surface area contributed by atoms with E-state index in [9.17, 15) is 65.8 Å². The Morgan fingerprint density at radius 3 is 1.69 bits per heavy atom. The van der Waals surface area contributed by atoms with E-state index in [1.165, 1.54) is 6.92 Å². The molecule has 0 unspecified atom stereocenters. The van der Waals surface area contributed by atoms with Crippen molar-refractivity contribution in [1.29, 1.82) is 0 Å². The zero-order valence-electron chi connectivity index (χ0n) is 26.3. The number of nitrogens with two attached hydrogens (primary N) is 1. The lowest BCUT2D eigenvalue weighted by molar-refractivity contribution is 0.472. The summed E-state index contributed by atoms with van der Waals surface area (Å²) in [5, 5.41) is 26.6. The van der Waals surface area contributed by atoms with Gasteiger partial charge in [-0.05, 0) is 54.8 Å². The van der Waals surface area contributed by atoms with Crippen LogP contribution in [0.5, 0.6) is 5.75 Å². The maximum atomic E-state index is 14.0. The van der Waals surface area contributed by atoms with Gasteiger partial charge in [-0.3, -0.25) is 18.2 Å². The summed E-state index contributed by atoms with van der Waals surface area (Å²) in [7, 11) is -21.0. The monoisotopic (exact) mass is 830 g/mol. The number of phenols is 1. The largest absolute Gasteiger partial charge is 0.505 e. The fraction of sp³-hybridized carbons (Fsp3) is 0.0370. The average Bonchev–Trinajstić information content (AvgIpc) is 3.01. The predicted octanol–water partition coefficient (Wildman–Crippen LogP) is 5.07. The Labute approximate surface area is 302 Å². The minimum atomic E-state index is -5.44. The molecule has 0 amide bonds. The van der Waals surface area contributed by atoms with Crippen LogP contribution in [0.4, 0.5) is 48.7 Å². The molecule has 21 nitrogen and oxygen atoms in total. The standard InChI is InChI=1S/C27H20F2N8O13S4/c1-11-31-21(29)10-22(32-11)33-14-3-5-18(52(42,43)44)16(9-14)35-37-26-20(54(48,49)50)7-12-6-19(53(45,46)47)25(24(30)23(12)27(26)38)36-34-15-8-13(28)2-4-17(15)51(39,40)41/h2-10,38H,30H2,1H3,(H,31,32,33)(H,39,40,41)(H,42,43,44)(H,45,46,47)(H,48,49,50). The van der Waals surface area contributed by atoms with E-state index in [0.717, 1.165) is 24.3 Å². The van der Waals surface area contributed by atoms with Crippen LogP contribution in [0.1, 0.15) is 5.82 Å². The number of phenolic OH excluding ortho intramolecular Hbond substituents is 1. The summed E-state index contributed by atoms with van der Waals surface area (Å²) in [4.78, 5) is 2.94. The molecule has 0 aliphatic rings. The van der Waals surface area contributed by atoms with Crippen LogP contribution in [0.25, 0.3) is 10.8 Å². The number of aromatic hydroxyl groups is 1. The molecule has 0 bridgehead atoms. The third kappa shape index (κ3) is 8.42. The van der Waals surface area contributed by atoms with Crippen LogP contribution in [0.2, 0.25) is 0 Å². The maximum Gasteiger partial charge on any atom is 0.296 e. The fourth-order valence-corrected chi connectivity index (χ4v) is 7.27. The van der Waals surface area contributed by atoms with E-state index in [1.807, 2.05) is 0 Å². The molecule has 0 atom stereocenters. The van der Waals surface area contributed by atoms with E-state index >= 15 is 0 Å². The molecule has 0 saturated heterocycles. The molecule has 0 fully saturated rings. The van der Waals surface area contributed by atoms with Crippen LogP contribution in [0.15, 0.2) is 94.6 Å². The summed E-state index contributed by atoms with van der Waals surface area (Å²) in [6.45, 7) is 1.37. The van der Waals surface area contributed by atoms with Gasteiger partial charge < -0.3 is 16.2 Å². The minimum Gasteiger partial charge on any atom is -0.505 e. The lowest BCUT2D eigenvalue weighted by Crippen LogP contribution is -2.04. The number of aryl methyl sites for hydroxylation is 1. The van der Waals surface area contributed by atoms with Gasteiger partial charge in [0.25, 0.3) is 40.5 Å². The van der Waals surface area contributed by atoms with Gasteiger partial charge in [0.15, 0.2) is 5.75 Å². The van der Waals surface area contributed by atoms with Crippen LogP contribution in [-0.4, -0.2) is 67.0 Å². The van der Waals surface area contributed by atoms with Gasteiger partial charge in [-0.15, -0.1) is 20.5 Å². The summed E-state index contributed by atoms with van der Waals surface area (Å²) in [6, 6.07) is 6.33. The number of fused-ring (bicyclic) bond motifs is 1. The number of hydrogen-bond acceptors (Lipinski definition) is 17. The highest BCUT2D eigenvalue weighted by molar-refractivity contribution is 7.86. The van der Waals surface area contributed by atoms with Crippen LogP contribution in [-0.2, 0) is 40.5 Å². The molecule has 0 aliphatic carbocycles. The van der Waals surface area contributed by atoms with Gasteiger partial charge in [-0.1, -0.05) is 0 Å². The van der Waals surface area contributed by atoms with Gasteiger partial charge in [-0.2, -0.15) is 38.1 Å². The number of aromatic nitrogens is 2. The zero-order chi connectivity index (χ0) is 40.1. The third-order valence-electron chi connectivity index (χ3n) is 6.90. The van der Waals surface area contributed by atoms with E-state index in [1.54, 1.807) is 0 Å². The van der Waals surface area contributed by atoms with Crippen LogP contribution in [0.3, 0.4) is 0 Å². The molecule has 5 aromatic rings. The Morgan fingerprint density at radius 2 is 1.15 bits per heavy atom. The van der Waals surface area contributed by atoms with Gasteiger partial charge >= 0.3 is 0 Å². The molecular formula is C27H20F2N8O13S4. The van der Waals surface area contributed by atoms with E-state index < -0.39 is 117 Å². The van der Waals surface area contributed by atoms with Crippen molar-refractivity contribution >= 4 is 91.2 Å². The number of halogens is 2. The summed E-state index contributed by atoms with van der Waals surface area (Å²) >= 11 is 0. The second-order valence-corrected chi connectivity index (χ2v) is 16.2. The molecule has 0 spiro atoms. The van der Waals surface area contributed by atoms with Crippen molar-refractivity contribution in [1.82, 2.24) is 9.97 Å². The molecule has 8 N–H and O–H groups in total. The first-order chi connectivity index (χ1) is 24.8.